The molecule has 0 fully saturated rings. The summed E-state index contributed by atoms with van der Waals surface area (Å²) < 4.78 is 26.4. The summed E-state index contributed by atoms with van der Waals surface area (Å²) >= 11 is 0. The van der Waals surface area contributed by atoms with Crippen molar-refractivity contribution >= 4 is 21.8 Å². The Morgan fingerprint density at radius 3 is 2.77 bits per heavy atom. The molecule has 1 aromatic carbocycles. The Balaban J connectivity index is 1.72. The van der Waals surface area contributed by atoms with Crippen molar-refractivity contribution in [1.82, 2.24) is 14.3 Å². The second kappa shape index (κ2) is 7.16. The number of nitrogens with zero attached hydrogens (tertiary/aromatic N) is 4. The summed E-state index contributed by atoms with van der Waals surface area (Å²) in [6.07, 6.45) is 4.03. The average molecular weight is 428 g/mol. The third-order valence-electron chi connectivity index (χ3n) is 5.90. The predicted molar refractivity (Wildman–Crippen MR) is 114 cm³/mol. The van der Waals surface area contributed by atoms with E-state index in [2.05, 4.69) is 15.0 Å². The van der Waals surface area contributed by atoms with E-state index in [4.69, 9.17) is 5.73 Å². The number of sulfonamides is 1. The molecule has 1 spiro atoms. The Morgan fingerprint density at radius 2 is 2.07 bits per heavy atom. The molecule has 2 N–H and O–H groups in total. The summed E-state index contributed by atoms with van der Waals surface area (Å²) in [6.45, 7) is 3.61. The predicted octanol–water partition coefficient (Wildman–Crippen LogP) is 1.64. The van der Waals surface area contributed by atoms with Gasteiger partial charge < -0.3 is 5.73 Å². The Morgan fingerprint density at radius 1 is 1.30 bits per heavy atom. The van der Waals surface area contributed by atoms with Gasteiger partial charge in [-0.1, -0.05) is 18.2 Å². The Labute approximate surface area is 176 Å². The zero-order valence-corrected chi connectivity index (χ0v) is 18.2. The van der Waals surface area contributed by atoms with Crippen molar-refractivity contribution in [3.05, 3.63) is 58.2 Å². The molecule has 1 aliphatic heterocycles. The zero-order valence-electron chi connectivity index (χ0n) is 17.3. The molecule has 4 rings (SSSR count). The number of carbonyl (C=O) groups excluding carboxylic acids is 1. The first-order valence-electron chi connectivity index (χ1n) is 9.89. The van der Waals surface area contributed by atoms with Gasteiger partial charge >= 0.3 is 0 Å². The summed E-state index contributed by atoms with van der Waals surface area (Å²) in [7, 11) is -2.14. The number of carbonyl (C=O) groups is 1. The second-order valence-corrected chi connectivity index (χ2v) is 10.1. The van der Waals surface area contributed by atoms with Gasteiger partial charge in [-0.2, -0.15) is 0 Å². The molecule has 2 aromatic rings. The van der Waals surface area contributed by atoms with Gasteiger partial charge in [-0.15, -0.1) is 0 Å². The van der Waals surface area contributed by atoms with Gasteiger partial charge in [0.1, 0.15) is 11.2 Å². The Hall–Kier alpha value is -2.81. The number of fused-ring (bicyclic) bond motifs is 2. The van der Waals surface area contributed by atoms with Crippen molar-refractivity contribution < 1.29 is 13.2 Å². The van der Waals surface area contributed by atoms with Crippen LogP contribution in [-0.4, -0.2) is 47.2 Å². The number of aryl methyl sites for hydroxylation is 3. The maximum Gasteiger partial charge on any atom is 0.239 e. The highest BCUT2D eigenvalue weighted by molar-refractivity contribution is 7.89. The molecule has 9 heteroatoms. The maximum atomic E-state index is 12.8. The van der Waals surface area contributed by atoms with Crippen LogP contribution in [0.15, 0.2) is 29.4 Å². The summed E-state index contributed by atoms with van der Waals surface area (Å²) in [5.74, 6) is -0.241. The quantitative estimate of drug-likeness (QED) is 0.744. The Bertz CT molecular complexity index is 1180. The molecule has 0 unspecified atom stereocenters. The lowest BCUT2D eigenvalue weighted by Crippen LogP contribution is -2.52. The molecule has 2 heterocycles. The topological polar surface area (TPSA) is 119 Å². The number of ketones is 1. The van der Waals surface area contributed by atoms with E-state index in [1.54, 1.807) is 13.1 Å². The van der Waals surface area contributed by atoms with Crippen molar-refractivity contribution in [2.75, 3.05) is 12.8 Å². The van der Waals surface area contributed by atoms with Crippen LogP contribution >= 0.6 is 0 Å². The van der Waals surface area contributed by atoms with Crippen molar-refractivity contribution in [1.29, 1.82) is 0 Å². The number of benzene rings is 1. The summed E-state index contributed by atoms with van der Waals surface area (Å²) in [5.41, 5.74) is 9.50. The highest BCUT2D eigenvalue weighted by Gasteiger charge is 2.45. The van der Waals surface area contributed by atoms with E-state index in [9.17, 15) is 13.2 Å². The van der Waals surface area contributed by atoms with E-state index in [1.165, 1.54) is 7.05 Å². The van der Waals surface area contributed by atoms with Crippen LogP contribution in [0.4, 0.5) is 0 Å². The van der Waals surface area contributed by atoms with E-state index < -0.39 is 15.6 Å². The number of nitrogens with two attached hydrogens (primary N) is 1. The molecule has 8 nitrogen and oxygen atoms in total. The van der Waals surface area contributed by atoms with E-state index in [-0.39, 0.29) is 23.9 Å². The van der Waals surface area contributed by atoms with Gasteiger partial charge in [0.15, 0.2) is 5.78 Å². The fourth-order valence-corrected chi connectivity index (χ4v) is 5.85. The molecule has 0 saturated carbocycles. The van der Waals surface area contributed by atoms with Crippen LogP contribution in [0.25, 0.3) is 0 Å². The van der Waals surface area contributed by atoms with Crippen molar-refractivity contribution in [2.45, 2.75) is 45.1 Å². The number of Topliss-reactive ketones (excluding diaryl/α,β-unsaturated/α-hetero) is 1. The van der Waals surface area contributed by atoms with Crippen LogP contribution in [0, 0.1) is 13.8 Å². The largest absolute Gasteiger partial charge is 0.369 e. The summed E-state index contributed by atoms with van der Waals surface area (Å²) in [5, 5.41) is 0. The lowest BCUT2D eigenvalue weighted by atomic mass is 9.77. The van der Waals surface area contributed by atoms with Crippen molar-refractivity contribution in [3.8, 4) is 0 Å². The van der Waals surface area contributed by atoms with Crippen molar-refractivity contribution in [2.24, 2.45) is 10.7 Å². The first-order chi connectivity index (χ1) is 14.1. The minimum Gasteiger partial charge on any atom is -0.369 e. The van der Waals surface area contributed by atoms with Crippen LogP contribution in [0.5, 0.6) is 0 Å². The normalized spacial score (nSPS) is 22.5. The fraction of sp³-hybridized carbons (Fsp3) is 0.429. The number of hydrogen-bond acceptors (Lipinski definition) is 7. The minimum atomic E-state index is -3.56. The van der Waals surface area contributed by atoms with Gasteiger partial charge in [0, 0.05) is 19.7 Å². The lowest BCUT2D eigenvalue weighted by molar-refractivity contribution is 0.0987. The van der Waals surface area contributed by atoms with Gasteiger partial charge in [0.25, 0.3) is 0 Å². The maximum absolute atomic E-state index is 12.8. The molecular formula is C21H25N5O3S. The average Bonchev–Trinajstić information content (AvgIpc) is 2.66. The first kappa shape index (κ1) is 20.5. The number of guanidine groups is 1. The molecule has 0 bridgehead atoms. The highest BCUT2D eigenvalue weighted by atomic mass is 32.2. The van der Waals surface area contributed by atoms with Gasteiger partial charge in [0.2, 0.25) is 16.0 Å². The van der Waals surface area contributed by atoms with E-state index in [0.717, 1.165) is 39.5 Å². The van der Waals surface area contributed by atoms with E-state index in [0.29, 0.717) is 17.8 Å². The lowest BCUT2D eigenvalue weighted by Gasteiger charge is -2.40. The van der Waals surface area contributed by atoms with Gasteiger partial charge in [-0.05, 0) is 49.8 Å². The SMILES string of the molecule is Cc1cnc(C(=O)Cc2ccc3c(c2)[C@]2(CCC3)CS(=O)(=O)N(C)C(N)=N2)c(C)n1. The molecule has 0 saturated heterocycles. The van der Waals surface area contributed by atoms with E-state index in [1.807, 2.05) is 25.1 Å². The second-order valence-electron chi connectivity index (χ2n) is 8.12. The molecule has 158 valence electrons. The van der Waals surface area contributed by atoms with Gasteiger partial charge in [-0.3, -0.25) is 9.78 Å². The molecule has 0 radical (unpaired) electrons. The first-order valence-corrected chi connectivity index (χ1v) is 11.5. The van der Waals surface area contributed by atoms with Crippen molar-refractivity contribution in [3.63, 3.8) is 0 Å². The molecule has 1 aromatic heterocycles. The molecule has 2 aliphatic rings. The van der Waals surface area contributed by atoms with Crippen LogP contribution < -0.4 is 5.73 Å². The third-order valence-corrected chi connectivity index (χ3v) is 7.76. The monoisotopic (exact) mass is 427 g/mol. The van der Waals surface area contributed by atoms with E-state index >= 15 is 0 Å². The number of aromatic nitrogens is 2. The van der Waals surface area contributed by atoms with Crippen LogP contribution in [0.3, 0.4) is 0 Å². The minimum absolute atomic E-state index is 0.00105. The molecule has 30 heavy (non-hydrogen) atoms. The molecule has 1 atom stereocenters. The smallest absolute Gasteiger partial charge is 0.239 e. The fourth-order valence-electron chi connectivity index (χ4n) is 4.36. The van der Waals surface area contributed by atoms with Crippen LogP contribution in [0.1, 0.15) is 51.4 Å². The van der Waals surface area contributed by atoms with Crippen LogP contribution in [-0.2, 0) is 28.4 Å². The van der Waals surface area contributed by atoms with Gasteiger partial charge in [0.05, 0.1) is 17.1 Å². The zero-order chi connectivity index (χ0) is 21.7. The Kier molecular flexibility index (Phi) is 4.88. The number of aliphatic imine (C=N–C) groups is 1. The highest BCUT2D eigenvalue weighted by Crippen LogP contribution is 2.42. The van der Waals surface area contributed by atoms with Gasteiger partial charge in [-0.25, -0.2) is 22.7 Å². The summed E-state index contributed by atoms with van der Waals surface area (Å²) in [4.78, 5) is 26.0. The molecule has 1 aliphatic carbocycles. The molecular weight excluding hydrogens is 402 g/mol. The standard InChI is InChI=1S/C21H25N5O3S/c1-13-11-23-19(14(2)24-13)18(27)10-15-6-7-16-5-4-8-21(17(16)9-15)12-30(28,29)26(3)20(22)25-21/h6-7,9,11H,4-5,8,10,12H2,1-3H3,(H2,22,25)/t21-/m0/s1. The van der Waals surface area contributed by atoms with Crippen LogP contribution in [0.2, 0.25) is 0 Å². The number of rotatable bonds is 3. The molecule has 0 amide bonds. The third kappa shape index (κ3) is 3.47. The number of hydrogen-bond donors (Lipinski definition) is 1. The summed E-state index contributed by atoms with van der Waals surface area (Å²) in [6, 6.07) is 5.81.